The first-order valence-electron chi connectivity index (χ1n) is 11.5. The fraction of sp³-hybridized carbons (Fsp3) is 0.207. The normalized spacial score (nSPS) is 11.4. The van der Waals surface area contributed by atoms with Gasteiger partial charge in [0.05, 0.1) is 11.6 Å². The molecule has 0 aliphatic rings. The van der Waals surface area contributed by atoms with Gasteiger partial charge in [0.25, 0.3) is 0 Å². The standard InChI is InChI=1S/C29H28N4O2/c1-4-27(34-3)25(30)12-8-9-21-13-15-26-24(18-21)29(32-19-31-26)33-22-14-16-28(20(2)17-22)35-23-10-6-5-7-11-23/h5-7,10-11,13-19,27,30H,4,12H2,1-3H3,(H,31,32,33). The first kappa shape index (κ1) is 23.9. The summed E-state index contributed by atoms with van der Waals surface area (Å²) in [5.41, 5.74) is 4.07. The zero-order chi connectivity index (χ0) is 24.6. The van der Waals surface area contributed by atoms with Crippen LogP contribution in [0.5, 0.6) is 11.5 Å². The lowest BCUT2D eigenvalue weighted by atomic mass is 10.1. The molecule has 0 spiro atoms. The number of hydrogen-bond acceptors (Lipinski definition) is 6. The van der Waals surface area contributed by atoms with Crippen LogP contribution in [-0.4, -0.2) is 28.9 Å². The Labute approximate surface area is 205 Å². The second kappa shape index (κ2) is 11.3. The van der Waals surface area contributed by atoms with Crippen LogP contribution in [0, 0.1) is 24.2 Å². The molecule has 0 radical (unpaired) electrons. The molecule has 0 saturated carbocycles. The van der Waals surface area contributed by atoms with Crippen LogP contribution in [-0.2, 0) is 4.74 Å². The number of benzene rings is 3. The number of methoxy groups -OCH3 is 1. The Morgan fingerprint density at radius 3 is 2.63 bits per heavy atom. The van der Waals surface area contributed by atoms with Crippen molar-refractivity contribution in [3.8, 4) is 23.3 Å². The predicted octanol–water partition coefficient (Wildman–Crippen LogP) is 6.66. The molecule has 1 aromatic heterocycles. The number of ether oxygens (including phenoxy) is 2. The average Bonchev–Trinajstić information content (AvgIpc) is 2.87. The lowest BCUT2D eigenvalue weighted by Crippen LogP contribution is -2.20. The van der Waals surface area contributed by atoms with Gasteiger partial charge in [-0.25, -0.2) is 9.97 Å². The highest BCUT2D eigenvalue weighted by Gasteiger charge is 2.10. The Morgan fingerprint density at radius 2 is 1.89 bits per heavy atom. The molecule has 6 heteroatoms. The molecular weight excluding hydrogens is 436 g/mol. The van der Waals surface area contributed by atoms with E-state index in [0.717, 1.165) is 45.6 Å². The van der Waals surface area contributed by atoms with E-state index < -0.39 is 0 Å². The van der Waals surface area contributed by atoms with Crippen LogP contribution in [0.1, 0.15) is 30.9 Å². The average molecular weight is 465 g/mol. The molecular formula is C29H28N4O2. The number of nitrogens with one attached hydrogen (secondary N) is 2. The van der Waals surface area contributed by atoms with Gasteiger partial charge in [0.2, 0.25) is 0 Å². The Kier molecular flexibility index (Phi) is 7.71. The number of aryl methyl sites for hydroxylation is 1. The van der Waals surface area contributed by atoms with Gasteiger partial charge in [-0.1, -0.05) is 37.0 Å². The summed E-state index contributed by atoms with van der Waals surface area (Å²) < 4.78 is 11.3. The highest BCUT2D eigenvalue weighted by Crippen LogP contribution is 2.29. The van der Waals surface area contributed by atoms with E-state index in [2.05, 4.69) is 27.1 Å². The second-order valence-corrected chi connectivity index (χ2v) is 8.11. The van der Waals surface area contributed by atoms with Gasteiger partial charge in [-0.2, -0.15) is 0 Å². The lowest BCUT2D eigenvalue weighted by molar-refractivity contribution is 0.151. The molecule has 0 aliphatic carbocycles. The van der Waals surface area contributed by atoms with E-state index in [1.54, 1.807) is 13.4 Å². The highest BCUT2D eigenvalue weighted by molar-refractivity contribution is 5.92. The number of anilines is 2. The second-order valence-electron chi connectivity index (χ2n) is 8.11. The van der Waals surface area contributed by atoms with Crippen LogP contribution < -0.4 is 10.1 Å². The number of aromatic nitrogens is 2. The molecule has 176 valence electrons. The summed E-state index contributed by atoms with van der Waals surface area (Å²) in [4.78, 5) is 8.85. The summed E-state index contributed by atoms with van der Waals surface area (Å²) >= 11 is 0. The Balaban J connectivity index is 1.53. The molecule has 0 bridgehead atoms. The third-order valence-corrected chi connectivity index (χ3v) is 5.60. The number of nitrogens with zero attached hydrogens (tertiary/aromatic N) is 2. The molecule has 0 aliphatic heterocycles. The molecule has 1 atom stereocenters. The molecule has 6 nitrogen and oxygen atoms in total. The highest BCUT2D eigenvalue weighted by atomic mass is 16.5. The van der Waals surface area contributed by atoms with Gasteiger partial charge < -0.3 is 20.2 Å². The first-order chi connectivity index (χ1) is 17.1. The van der Waals surface area contributed by atoms with Crippen molar-refractivity contribution in [3.05, 3.63) is 84.2 Å². The third kappa shape index (κ3) is 6.03. The molecule has 1 heterocycles. The number of fused-ring (bicyclic) bond motifs is 1. The van der Waals surface area contributed by atoms with Crippen molar-refractivity contribution in [2.45, 2.75) is 32.8 Å². The zero-order valence-electron chi connectivity index (χ0n) is 20.1. The van der Waals surface area contributed by atoms with Crippen LogP contribution in [0.3, 0.4) is 0 Å². The number of hydrogen-bond donors (Lipinski definition) is 2. The van der Waals surface area contributed by atoms with Crippen molar-refractivity contribution in [3.63, 3.8) is 0 Å². The van der Waals surface area contributed by atoms with E-state index in [1.165, 1.54) is 0 Å². The van der Waals surface area contributed by atoms with Crippen LogP contribution in [0.15, 0.2) is 73.1 Å². The Bertz CT molecular complexity index is 1390. The fourth-order valence-electron chi connectivity index (χ4n) is 3.74. The van der Waals surface area contributed by atoms with E-state index in [1.807, 2.05) is 80.6 Å². The minimum Gasteiger partial charge on any atom is -0.457 e. The molecule has 4 aromatic rings. The van der Waals surface area contributed by atoms with E-state index in [-0.39, 0.29) is 6.10 Å². The molecule has 3 aromatic carbocycles. The van der Waals surface area contributed by atoms with Crippen molar-refractivity contribution in [1.82, 2.24) is 9.97 Å². The summed E-state index contributed by atoms with van der Waals surface area (Å²) in [7, 11) is 1.62. The maximum atomic E-state index is 8.13. The quantitative estimate of drug-likeness (QED) is 0.225. The third-order valence-electron chi connectivity index (χ3n) is 5.60. The SMILES string of the molecule is CCC(OC)C(=N)CC#Cc1ccc2ncnc(Nc3ccc(Oc4ccccc4)c(C)c3)c2c1. The van der Waals surface area contributed by atoms with Gasteiger partial charge in [0.1, 0.15) is 23.6 Å². The van der Waals surface area contributed by atoms with Gasteiger partial charge in [0.15, 0.2) is 0 Å². The minimum atomic E-state index is -0.182. The van der Waals surface area contributed by atoms with Crippen molar-refractivity contribution in [2.24, 2.45) is 0 Å². The van der Waals surface area contributed by atoms with Gasteiger partial charge in [-0.05, 0) is 67.4 Å². The minimum absolute atomic E-state index is 0.182. The predicted molar refractivity (Wildman–Crippen MR) is 141 cm³/mol. The van der Waals surface area contributed by atoms with Gasteiger partial charge in [-0.3, -0.25) is 0 Å². The maximum absolute atomic E-state index is 8.13. The topological polar surface area (TPSA) is 80.1 Å². The van der Waals surface area contributed by atoms with Gasteiger partial charge >= 0.3 is 0 Å². The fourth-order valence-corrected chi connectivity index (χ4v) is 3.74. The Morgan fingerprint density at radius 1 is 1.06 bits per heavy atom. The molecule has 0 saturated heterocycles. The van der Waals surface area contributed by atoms with Gasteiger partial charge in [0, 0.05) is 35.9 Å². The molecule has 4 rings (SSSR count). The van der Waals surface area contributed by atoms with Crippen molar-refractivity contribution in [2.75, 3.05) is 12.4 Å². The molecule has 2 N–H and O–H groups in total. The van der Waals surface area contributed by atoms with Crippen LogP contribution in [0.2, 0.25) is 0 Å². The lowest BCUT2D eigenvalue weighted by Gasteiger charge is -2.12. The number of para-hydroxylation sites is 1. The summed E-state index contributed by atoms with van der Waals surface area (Å²) in [5, 5.41) is 12.4. The summed E-state index contributed by atoms with van der Waals surface area (Å²) in [6, 6.07) is 21.5. The van der Waals surface area contributed by atoms with E-state index in [9.17, 15) is 0 Å². The monoisotopic (exact) mass is 464 g/mol. The zero-order valence-corrected chi connectivity index (χ0v) is 20.1. The molecule has 0 amide bonds. The summed E-state index contributed by atoms with van der Waals surface area (Å²) in [6.45, 7) is 4.01. The molecule has 1 unspecified atom stereocenters. The summed E-state index contributed by atoms with van der Waals surface area (Å²) in [5.74, 6) is 8.55. The largest absolute Gasteiger partial charge is 0.457 e. The molecule has 0 fully saturated rings. The molecule has 35 heavy (non-hydrogen) atoms. The van der Waals surface area contributed by atoms with Crippen LogP contribution in [0.4, 0.5) is 11.5 Å². The van der Waals surface area contributed by atoms with Crippen molar-refractivity contribution in [1.29, 1.82) is 5.41 Å². The van der Waals surface area contributed by atoms with Crippen LogP contribution in [0.25, 0.3) is 10.9 Å². The summed E-state index contributed by atoms with van der Waals surface area (Å²) in [6.07, 6.45) is 2.50. The maximum Gasteiger partial charge on any atom is 0.141 e. The van der Waals surface area contributed by atoms with Crippen LogP contribution >= 0.6 is 0 Å². The van der Waals surface area contributed by atoms with E-state index in [4.69, 9.17) is 14.9 Å². The number of rotatable bonds is 8. The van der Waals surface area contributed by atoms with E-state index in [0.29, 0.717) is 18.0 Å². The Hall–Kier alpha value is -4.21. The van der Waals surface area contributed by atoms with Crippen molar-refractivity contribution < 1.29 is 9.47 Å². The van der Waals surface area contributed by atoms with Crippen molar-refractivity contribution >= 4 is 28.1 Å². The smallest absolute Gasteiger partial charge is 0.141 e. The van der Waals surface area contributed by atoms with E-state index >= 15 is 0 Å². The first-order valence-corrected chi connectivity index (χ1v) is 11.5. The van der Waals surface area contributed by atoms with Gasteiger partial charge in [-0.15, -0.1) is 0 Å².